The molecule has 1 heterocycles. The molecule has 0 saturated heterocycles. The van der Waals surface area contributed by atoms with Crippen molar-refractivity contribution in [2.45, 2.75) is 20.4 Å². The van der Waals surface area contributed by atoms with Crippen molar-refractivity contribution in [3.63, 3.8) is 0 Å². The molecule has 94 valence electrons. The van der Waals surface area contributed by atoms with Crippen LogP contribution in [0, 0.1) is 24.0 Å². The van der Waals surface area contributed by atoms with Gasteiger partial charge >= 0.3 is 0 Å². The summed E-state index contributed by atoms with van der Waals surface area (Å²) in [5, 5.41) is 18.2. The summed E-state index contributed by atoms with van der Waals surface area (Å²) in [6.45, 7) is 4.61. The van der Waals surface area contributed by atoms with Gasteiger partial charge in [0.2, 0.25) is 0 Å². The largest absolute Gasteiger partial charge is 0.381 e. The van der Waals surface area contributed by atoms with Gasteiger partial charge in [-0.1, -0.05) is 0 Å². The highest BCUT2D eigenvalue weighted by atomic mass is 32.1. The lowest BCUT2D eigenvalue weighted by Crippen LogP contribution is -2.00. The number of benzene rings is 1. The van der Waals surface area contributed by atoms with E-state index < -0.39 is 0 Å². The summed E-state index contributed by atoms with van der Waals surface area (Å²) in [5.74, 6) is 0. The SMILES string of the molecule is Cc1cc(NCc2cscc2C)cc([N+](=O)[O-])c1. The molecule has 2 rings (SSSR count). The van der Waals surface area contributed by atoms with E-state index in [9.17, 15) is 10.1 Å². The van der Waals surface area contributed by atoms with Crippen molar-refractivity contribution in [2.24, 2.45) is 0 Å². The lowest BCUT2D eigenvalue weighted by molar-refractivity contribution is -0.384. The van der Waals surface area contributed by atoms with E-state index in [0.29, 0.717) is 6.54 Å². The van der Waals surface area contributed by atoms with Crippen molar-refractivity contribution in [3.05, 3.63) is 55.8 Å². The molecular formula is C13H14N2O2S. The molecule has 0 aliphatic heterocycles. The number of hydrogen-bond donors (Lipinski definition) is 1. The van der Waals surface area contributed by atoms with Crippen LogP contribution < -0.4 is 5.32 Å². The van der Waals surface area contributed by atoms with Crippen LogP contribution in [0.15, 0.2) is 29.0 Å². The fraction of sp³-hybridized carbons (Fsp3) is 0.231. The van der Waals surface area contributed by atoms with Crippen LogP contribution in [0.3, 0.4) is 0 Å². The Kier molecular flexibility index (Phi) is 3.62. The second-order valence-corrected chi connectivity index (χ2v) is 4.99. The van der Waals surface area contributed by atoms with E-state index in [0.717, 1.165) is 11.3 Å². The molecule has 18 heavy (non-hydrogen) atoms. The fourth-order valence-corrected chi connectivity index (χ4v) is 2.59. The van der Waals surface area contributed by atoms with Gasteiger partial charge in [0.05, 0.1) is 4.92 Å². The summed E-state index contributed by atoms with van der Waals surface area (Å²) in [7, 11) is 0. The van der Waals surface area contributed by atoms with Crippen LogP contribution in [0.2, 0.25) is 0 Å². The van der Waals surface area contributed by atoms with Crippen LogP contribution in [0.1, 0.15) is 16.7 Å². The summed E-state index contributed by atoms with van der Waals surface area (Å²) < 4.78 is 0. The molecule has 0 saturated carbocycles. The Balaban J connectivity index is 2.14. The molecule has 0 spiro atoms. The van der Waals surface area contributed by atoms with Gasteiger partial charge in [0.1, 0.15) is 0 Å². The maximum absolute atomic E-state index is 10.8. The summed E-state index contributed by atoms with van der Waals surface area (Å²) in [6.07, 6.45) is 0. The monoisotopic (exact) mass is 262 g/mol. The van der Waals surface area contributed by atoms with E-state index in [1.165, 1.54) is 11.1 Å². The molecule has 1 N–H and O–H groups in total. The smallest absolute Gasteiger partial charge is 0.271 e. The minimum atomic E-state index is -0.367. The molecule has 4 nitrogen and oxygen atoms in total. The van der Waals surface area contributed by atoms with Gasteiger partial charge < -0.3 is 5.32 Å². The fourth-order valence-electron chi connectivity index (χ4n) is 1.74. The van der Waals surface area contributed by atoms with Crippen molar-refractivity contribution < 1.29 is 4.92 Å². The Morgan fingerprint density at radius 3 is 2.67 bits per heavy atom. The molecule has 0 aliphatic rings. The number of anilines is 1. The average molecular weight is 262 g/mol. The number of nitro groups is 1. The maximum atomic E-state index is 10.8. The first-order valence-electron chi connectivity index (χ1n) is 5.58. The topological polar surface area (TPSA) is 55.2 Å². The number of nitrogens with one attached hydrogen (secondary N) is 1. The summed E-state index contributed by atoms with van der Waals surface area (Å²) in [6, 6.07) is 5.05. The van der Waals surface area contributed by atoms with E-state index >= 15 is 0 Å². The molecule has 0 fully saturated rings. The van der Waals surface area contributed by atoms with Gasteiger partial charge in [0, 0.05) is 24.4 Å². The highest BCUT2D eigenvalue weighted by molar-refractivity contribution is 7.08. The number of thiophene rings is 1. The predicted octanol–water partition coefficient (Wildman–Crippen LogP) is 3.89. The van der Waals surface area contributed by atoms with Crippen LogP contribution >= 0.6 is 11.3 Å². The molecule has 0 radical (unpaired) electrons. The molecule has 0 aliphatic carbocycles. The normalized spacial score (nSPS) is 10.3. The van der Waals surface area contributed by atoms with Gasteiger partial charge in [0.25, 0.3) is 5.69 Å². The number of non-ortho nitro benzene ring substituents is 1. The quantitative estimate of drug-likeness (QED) is 0.672. The van der Waals surface area contributed by atoms with Crippen molar-refractivity contribution in [3.8, 4) is 0 Å². The predicted molar refractivity (Wildman–Crippen MR) is 74.2 cm³/mol. The number of nitro benzene ring substituents is 1. The summed E-state index contributed by atoms with van der Waals surface area (Å²) in [4.78, 5) is 10.4. The Labute approximate surface area is 109 Å². The molecule has 1 aromatic heterocycles. The molecule has 2 aromatic rings. The first-order chi connectivity index (χ1) is 8.56. The third-order valence-corrected chi connectivity index (χ3v) is 3.63. The van der Waals surface area contributed by atoms with Crippen LogP contribution in [-0.2, 0) is 6.54 Å². The van der Waals surface area contributed by atoms with Crippen LogP contribution in [0.5, 0.6) is 0 Å². The molecule has 0 atom stereocenters. The van der Waals surface area contributed by atoms with E-state index in [2.05, 4.69) is 23.0 Å². The molecule has 5 heteroatoms. The van der Waals surface area contributed by atoms with Gasteiger partial charge in [-0.15, -0.1) is 0 Å². The van der Waals surface area contributed by atoms with E-state index in [1.54, 1.807) is 23.5 Å². The third kappa shape index (κ3) is 2.87. The number of aryl methyl sites for hydroxylation is 2. The second kappa shape index (κ2) is 5.18. The molecule has 0 unspecified atom stereocenters. The van der Waals surface area contributed by atoms with Gasteiger partial charge in [0.15, 0.2) is 0 Å². The van der Waals surface area contributed by atoms with Gasteiger partial charge in [-0.05, 0) is 47.4 Å². The first-order valence-corrected chi connectivity index (χ1v) is 6.52. The lowest BCUT2D eigenvalue weighted by Gasteiger charge is -2.07. The lowest BCUT2D eigenvalue weighted by atomic mass is 10.2. The van der Waals surface area contributed by atoms with Crippen LogP contribution in [0.4, 0.5) is 11.4 Å². The summed E-state index contributed by atoms with van der Waals surface area (Å²) in [5.41, 5.74) is 4.26. The Hall–Kier alpha value is -1.88. The van der Waals surface area contributed by atoms with Crippen molar-refractivity contribution in [1.29, 1.82) is 0 Å². The zero-order valence-electron chi connectivity index (χ0n) is 10.3. The van der Waals surface area contributed by atoms with Crippen molar-refractivity contribution in [2.75, 3.05) is 5.32 Å². The Morgan fingerprint density at radius 1 is 1.28 bits per heavy atom. The van der Waals surface area contributed by atoms with E-state index in [4.69, 9.17) is 0 Å². The van der Waals surface area contributed by atoms with Crippen molar-refractivity contribution in [1.82, 2.24) is 0 Å². The van der Waals surface area contributed by atoms with Gasteiger partial charge in [-0.2, -0.15) is 11.3 Å². The van der Waals surface area contributed by atoms with E-state index in [-0.39, 0.29) is 10.6 Å². The van der Waals surface area contributed by atoms with Crippen LogP contribution in [-0.4, -0.2) is 4.92 Å². The van der Waals surface area contributed by atoms with Crippen LogP contribution in [0.25, 0.3) is 0 Å². The zero-order chi connectivity index (χ0) is 13.1. The molecule has 1 aromatic carbocycles. The standard InChI is InChI=1S/C13H14N2O2S/c1-9-3-12(5-13(4-9)15(16)17)14-6-11-8-18-7-10(11)2/h3-5,7-8,14H,6H2,1-2H3. The minimum absolute atomic E-state index is 0.125. The maximum Gasteiger partial charge on any atom is 0.271 e. The first kappa shape index (κ1) is 12.6. The average Bonchev–Trinajstić information content (AvgIpc) is 2.71. The molecular weight excluding hydrogens is 248 g/mol. The minimum Gasteiger partial charge on any atom is -0.381 e. The van der Waals surface area contributed by atoms with E-state index in [1.807, 2.05) is 13.0 Å². The number of nitrogens with zero attached hydrogens (tertiary/aromatic N) is 1. The summed E-state index contributed by atoms with van der Waals surface area (Å²) >= 11 is 1.66. The third-order valence-electron chi connectivity index (χ3n) is 2.72. The Bertz CT molecular complexity index is 578. The zero-order valence-corrected chi connectivity index (χ0v) is 11.1. The highest BCUT2D eigenvalue weighted by Crippen LogP contribution is 2.22. The van der Waals surface area contributed by atoms with Crippen molar-refractivity contribution >= 4 is 22.7 Å². The highest BCUT2D eigenvalue weighted by Gasteiger charge is 2.08. The molecule has 0 bridgehead atoms. The molecule has 0 amide bonds. The number of rotatable bonds is 4. The van der Waals surface area contributed by atoms with Gasteiger partial charge in [-0.3, -0.25) is 10.1 Å². The van der Waals surface area contributed by atoms with Gasteiger partial charge in [-0.25, -0.2) is 0 Å². The number of hydrogen-bond acceptors (Lipinski definition) is 4. The second-order valence-electron chi connectivity index (χ2n) is 4.25. The Morgan fingerprint density at radius 2 is 2.06 bits per heavy atom.